The molecule has 27 heavy (non-hydrogen) atoms. The van der Waals surface area contributed by atoms with E-state index in [1.165, 1.54) is 18.4 Å². The van der Waals surface area contributed by atoms with Crippen molar-refractivity contribution < 1.29 is 9.47 Å². The summed E-state index contributed by atoms with van der Waals surface area (Å²) in [6, 6.07) is 18.9. The lowest BCUT2D eigenvalue weighted by Gasteiger charge is -2.31. The molecule has 4 nitrogen and oxygen atoms in total. The number of methoxy groups -OCH3 is 2. The molecule has 2 atom stereocenters. The molecule has 1 saturated heterocycles. The lowest BCUT2D eigenvalue weighted by Crippen LogP contribution is -2.39. The number of pyridine rings is 1. The van der Waals surface area contributed by atoms with Gasteiger partial charge in [-0.25, -0.2) is 4.98 Å². The predicted molar refractivity (Wildman–Crippen MR) is 109 cm³/mol. The van der Waals surface area contributed by atoms with Crippen molar-refractivity contribution in [2.24, 2.45) is 0 Å². The van der Waals surface area contributed by atoms with Gasteiger partial charge in [0.25, 0.3) is 0 Å². The molecule has 1 fully saturated rings. The van der Waals surface area contributed by atoms with Crippen molar-refractivity contribution in [1.82, 2.24) is 10.3 Å². The number of rotatable bonds is 5. The summed E-state index contributed by atoms with van der Waals surface area (Å²) in [6.45, 7) is 1.05. The van der Waals surface area contributed by atoms with E-state index >= 15 is 0 Å². The standard InChI is InChI=1S/C23H26N2O2/c1-26-17-12-10-16(11-13-17)22-15-19(18-7-3-4-8-20(18)25-22)23(27-2)21-9-5-6-14-24-21/h3-4,7-8,10-13,15,21,23-24H,5-6,9,14H2,1-2H3. The van der Waals surface area contributed by atoms with Crippen LogP contribution >= 0.6 is 0 Å². The molecule has 0 saturated carbocycles. The van der Waals surface area contributed by atoms with Crippen molar-refractivity contribution in [3.05, 3.63) is 60.2 Å². The number of para-hydroxylation sites is 1. The number of ether oxygens (including phenoxy) is 2. The molecular weight excluding hydrogens is 336 g/mol. The first-order valence-corrected chi connectivity index (χ1v) is 9.60. The maximum Gasteiger partial charge on any atom is 0.118 e. The molecule has 1 aliphatic rings. The average molecular weight is 362 g/mol. The molecule has 1 aromatic heterocycles. The molecule has 1 aliphatic heterocycles. The Kier molecular flexibility index (Phi) is 5.37. The van der Waals surface area contributed by atoms with Gasteiger partial charge in [-0.3, -0.25) is 0 Å². The number of hydrogen-bond acceptors (Lipinski definition) is 4. The number of aromatic nitrogens is 1. The molecule has 2 unspecified atom stereocenters. The molecule has 140 valence electrons. The lowest BCUT2D eigenvalue weighted by atomic mass is 9.91. The van der Waals surface area contributed by atoms with E-state index in [0.29, 0.717) is 6.04 Å². The highest BCUT2D eigenvalue weighted by Gasteiger charge is 2.26. The molecular formula is C23H26N2O2. The van der Waals surface area contributed by atoms with Gasteiger partial charge in [-0.2, -0.15) is 0 Å². The van der Waals surface area contributed by atoms with Crippen molar-refractivity contribution in [2.75, 3.05) is 20.8 Å². The van der Waals surface area contributed by atoms with Crippen LogP contribution in [0.3, 0.4) is 0 Å². The predicted octanol–water partition coefficient (Wildman–Crippen LogP) is 4.74. The first kappa shape index (κ1) is 18.0. The highest BCUT2D eigenvalue weighted by Crippen LogP contribution is 2.34. The van der Waals surface area contributed by atoms with Gasteiger partial charge in [-0.05, 0) is 61.3 Å². The largest absolute Gasteiger partial charge is 0.497 e. The first-order chi connectivity index (χ1) is 13.3. The smallest absolute Gasteiger partial charge is 0.118 e. The Morgan fingerprint density at radius 3 is 2.56 bits per heavy atom. The van der Waals surface area contributed by atoms with Gasteiger partial charge < -0.3 is 14.8 Å². The van der Waals surface area contributed by atoms with Crippen LogP contribution in [0.25, 0.3) is 22.2 Å². The van der Waals surface area contributed by atoms with Crippen molar-refractivity contribution in [3.8, 4) is 17.0 Å². The van der Waals surface area contributed by atoms with Crippen molar-refractivity contribution >= 4 is 10.9 Å². The Hall–Kier alpha value is -2.43. The van der Waals surface area contributed by atoms with Crippen LogP contribution in [-0.4, -0.2) is 31.8 Å². The zero-order valence-corrected chi connectivity index (χ0v) is 15.9. The van der Waals surface area contributed by atoms with Crippen molar-refractivity contribution in [3.63, 3.8) is 0 Å². The quantitative estimate of drug-likeness (QED) is 0.712. The average Bonchev–Trinajstić information content (AvgIpc) is 2.75. The van der Waals surface area contributed by atoms with Crippen molar-refractivity contribution in [1.29, 1.82) is 0 Å². The number of fused-ring (bicyclic) bond motifs is 1. The monoisotopic (exact) mass is 362 g/mol. The number of nitrogens with one attached hydrogen (secondary N) is 1. The van der Waals surface area contributed by atoms with Crippen LogP contribution < -0.4 is 10.1 Å². The Balaban J connectivity index is 1.82. The summed E-state index contributed by atoms with van der Waals surface area (Å²) in [5.41, 5.74) is 4.24. The molecule has 4 rings (SSSR count). The normalized spacial score (nSPS) is 18.4. The van der Waals surface area contributed by atoms with E-state index in [9.17, 15) is 0 Å². The maximum absolute atomic E-state index is 6.00. The molecule has 0 aliphatic carbocycles. The second kappa shape index (κ2) is 8.07. The third-order valence-electron chi connectivity index (χ3n) is 5.41. The molecule has 2 heterocycles. The summed E-state index contributed by atoms with van der Waals surface area (Å²) in [5, 5.41) is 4.81. The van der Waals surface area contributed by atoms with E-state index in [-0.39, 0.29) is 6.10 Å². The molecule has 2 aromatic carbocycles. The molecule has 0 amide bonds. The number of benzene rings is 2. The Morgan fingerprint density at radius 2 is 1.85 bits per heavy atom. The highest BCUT2D eigenvalue weighted by molar-refractivity contribution is 5.85. The maximum atomic E-state index is 6.00. The number of piperidine rings is 1. The van der Waals surface area contributed by atoms with Gasteiger partial charge in [0.1, 0.15) is 5.75 Å². The lowest BCUT2D eigenvalue weighted by molar-refractivity contribution is 0.0596. The van der Waals surface area contributed by atoms with Crippen LogP contribution in [0.15, 0.2) is 54.6 Å². The third-order valence-corrected chi connectivity index (χ3v) is 5.41. The van der Waals surface area contributed by atoms with E-state index in [4.69, 9.17) is 14.5 Å². The Morgan fingerprint density at radius 1 is 1.04 bits per heavy atom. The number of hydrogen-bond donors (Lipinski definition) is 1. The van der Waals surface area contributed by atoms with E-state index in [1.807, 2.05) is 25.3 Å². The van der Waals surface area contributed by atoms with Gasteiger partial charge in [0.2, 0.25) is 0 Å². The van der Waals surface area contributed by atoms with Gasteiger partial charge in [0.15, 0.2) is 0 Å². The van der Waals surface area contributed by atoms with Gasteiger partial charge in [-0.15, -0.1) is 0 Å². The highest BCUT2D eigenvalue weighted by atomic mass is 16.5. The first-order valence-electron chi connectivity index (χ1n) is 9.60. The Bertz CT molecular complexity index is 902. The fourth-order valence-electron chi connectivity index (χ4n) is 3.99. The minimum atomic E-state index is 0.00944. The van der Waals surface area contributed by atoms with Crippen LogP contribution in [-0.2, 0) is 4.74 Å². The van der Waals surface area contributed by atoms with Gasteiger partial charge in [0.05, 0.1) is 24.4 Å². The summed E-state index contributed by atoms with van der Waals surface area (Å²) in [6.07, 6.45) is 3.62. The molecule has 0 bridgehead atoms. The summed E-state index contributed by atoms with van der Waals surface area (Å²) in [7, 11) is 3.49. The van der Waals surface area contributed by atoms with Crippen LogP contribution in [0.2, 0.25) is 0 Å². The summed E-state index contributed by atoms with van der Waals surface area (Å²) in [4.78, 5) is 4.91. The second-order valence-corrected chi connectivity index (χ2v) is 7.06. The summed E-state index contributed by atoms with van der Waals surface area (Å²) in [5.74, 6) is 0.848. The van der Waals surface area contributed by atoms with E-state index in [1.54, 1.807) is 7.11 Å². The SMILES string of the molecule is COc1ccc(-c2cc(C(OC)C3CCCCN3)c3ccccc3n2)cc1. The van der Waals surface area contributed by atoms with Gasteiger partial charge >= 0.3 is 0 Å². The fraction of sp³-hybridized carbons (Fsp3) is 0.348. The number of nitrogens with zero attached hydrogens (tertiary/aromatic N) is 1. The van der Waals surface area contributed by atoms with E-state index in [0.717, 1.165) is 40.9 Å². The summed E-state index contributed by atoms with van der Waals surface area (Å²) >= 11 is 0. The van der Waals surface area contributed by atoms with Crippen molar-refractivity contribution in [2.45, 2.75) is 31.4 Å². The van der Waals surface area contributed by atoms with E-state index < -0.39 is 0 Å². The topological polar surface area (TPSA) is 43.4 Å². The van der Waals surface area contributed by atoms with E-state index in [2.05, 4.69) is 41.7 Å². The zero-order chi connectivity index (χ0) is 18.6. The van der Waals surface area contributed by atoms with Gasteiger partial charge in [-0.1, -0.05) is 24.6 Å². The zero-order valence-electron chi connectivity index (χ0n) is 15.9. The molecule has 4 heteroatoms. The molecule has 3 aromatic rings. The minimum Gasteiger partial charge on any atom is -0.497 e. The van der Waals surface area contributed by atoms with Crippen LogP contribution in [0, 0.1) is 0 Å². The van der Waals surface area contributed by atoms with Gasteiger partial charge in [0, 0.05) is 24.1 Å². The Labute approximate surface area is 160 Å². The fourth-order valence-corrected chi connectivity index (χ4v) is 3.99. The molecule has 0 spiro atoms. The minimum absolute atomic E-state index is 0.00944. The van der Waals surface area contributed by atoms with Crippen LogP contribution in [0.1, 0.15) is 30.9 Å². The third kappa shape index (κ3) is 3.68. The van der Waals surface area contributed by atoms with Crippen LogP contribution in [0.4, 0.5) is 0 Å². The van der Waals surface area contributed by atoms with Crippen LogP contribution in [0.5, 0.6) is 5.75 Å². The molecule has 1 N–H and O–H groups in total. The second-order valence-electron chi connectivity index (χ2n) is 7.06. The summed E-state index contributed by atoms with van der Waals surface area (Å²) < 4.78 is 11.3. The molecule has 0 radical (unpaired) electrons.